The van der Waals surface area contributed by atoms with Crippen LogP contribution < -0.4 is 15.5 Å². The van der Waals surface area contributed by atoms with Gasteiger partial charge in [-0.05, 0) is 54.1 Å². The van der Waals surface area contributed by atoms with Crippen LogP contribution in [0.25, 0.3) is 11.0 Å². The first-order valence-corrected chi connectivity index (χ1v) is 13.7. The number of hydrogen-bond acceptors (Lipinski definition) is 8. The Bertz CT molecular complexity index is 1650. The fourth-order valence-electron chi connectivity index (χ4n) is 4.08. The summed E-state index contributed by atoms with van der Waals surface area (Å²) in [7, 11) is 0.934. The lowest BCUT2D eigenvalue weighted by atomic mass is 10.2. The second-order valence-corrected chi connectivity index (χ2v) is 11.0. The Kier molecular flexibility index (Phi) is 6.49. The highest BCUT2D eigenvalue weighted by molar-refractivity contribution is 7.89. The van der Waals surface area contributed by atoms with Gasteiger partial charge in [-0.2, -0.15) is 4.98 Å². The highest BCUT2D eigenvalue weighted by Crippen LogP contribution is 2.28. The number of nitrogens with zero attached hydrogens (tertiary/aromatic N) is 5. The Morgan fingerprint density at radius 1 is 0.892 bits per heavy atom. The van der Waals surface area contributed by atoms with Crippen molar-refractivity contribution in [1.82, 2.24) is 19.5 Å². The second kappa shape index (κ2) is 9.90. The van der Waals surface area contributed by atoms with Gasteiger partial charge in [-0.3, -0.25) is 0 Å². The van der Waals surface area contributed by atoms with E-state index in [0.717, 1.165) is 39.6 Å². The average molecular weight is 514 g/mol. The number of benzene rings is 3. The zero-order chi connectivity index (χ0) is 26.0. The molecule has 5 aromatic rings. The Morgan fingerprint density at radius 3 is 2.35 bits per heavy atom. The van der Waals surface area contributed by atoms with E-state index in [0.29, 0.717) is 11.8 Å². The highest BCUT2D eigenvalue weighted by atomic mass is 32.2. The van der Waals surface area contributed by atoms with E-state index in [1.165, 1.54) is 6.26 Å². The largest absolute Gasteiger partial charge is 0.340 e. The third-order valence-electron chi connectivity index (χ3n) is 5.87. The summed E-state index contributed by atoms with van der Waals surface area (Å²) in [6.07, 6.45) is 2.89. The fraction of sp³-hybridized carbons (Fsp3) is 0.148. The van der Waals surface area contributed by atoms with Crippen LogP contribution in [0.1, 0.15) is 5.56 Å². The van der Waals surface area contributed by atoms with E-state index in [-0.39, 0.29) is 5.75 Å². The minimum atomic E-state index is -3.08. The Hall–Kier alpha value is -4.44. The van der Waals surface area contributed by atoms with Crippen LogP contribution in [-0.2, 0) is 22.6 Å². The van der Waals surface area contributed by atoms with Crippen LogP contribution in [0, 0.1) is 0 Å². The number of imidazole rings is 1. The number of hydrogen-bond donors (Lipinski definition) is 2. The van der Waals surface area contributed by atoms with Crippen LogP contribution >= 0.6 is 0 Å². The van der Waals surface area contributed by atoms with Gasteiger partial charge in [0, 0.05) is 43.6 Å². The van der Waals surface area contributed by atoms with Crippen molar-refractivity contribution in [3.8, 4) is 0 Å². The molecule has 0 saturated heterocycles. The summed E-state index contributed by atoms with van der Waals surface area (Å²) >= 11 is 0. The summed E-state index contributed by atoms with van der Waals surface area (Å²) in [6.45, 7) is 0. The maximum Gasteiger partial charge on any atom is 0.229 e. The van der Waals surface area contributed by atoms with Crippen molar-refractivity contribution >= 4 is 55.6 Å². The summed E-state index contributed by atoms with van der Waals surface area (Å²) in [5.41, 5.74) is 5.30. The molecule has 3 aromatic carbocycles. The molecule has 0 aliphatic rings. The van der Waals surface area contributed by atoms with Crippen molar-refractivity contribution in [3.05, 3.63) is 90.6 Å². The molecule has 0 fully saturated rings. The number of nitrogens with one attached hydrogen (secondary N) is 2. The summed E-state index contributed by atoms with van der Waals surface area (Å²) in [4.78, 5) is 15.8. The van der Waals surface area contributed by atoms with Gasteiger partial charge in [0.2, 0.25) is 11.9 Å². The number of para-hydroxylation sites is 1. The first-order chi connectivity index (χ1) is 17.7. The van der Waals surface area contributed by atoms with Gasteiger partial charge in [-0.1, -0.05) is 30.3 Å². The van der Waals surface area contributed by atoms with Gasteiger partial charge in [0.05, 0.1) is 16.8 Å². The molecule has 9 nitrogen and oxygen atoms in total. The van der Waals surface area contributed by atoms with Gasteiger partial charge in [0.25, 0.3) is 0 Å². The Morgan fingerprint density at radius 2 is 1.62 bits per heavy atom. The topological polar surface area (TPSA) is 105 Å². The molecule has 0 bridgehead atoms. The number of rotatable bonds is 8. The molecule has 5 rings (SSSR count). The minimum absolute atomic E-state index is 0.00777. The van der Waals surface area contributed by atoms with Crippen molar-refractivity contribution in [2.75, 3.05) is 28.8 Å². The van der Waals surface area contributed by atoms with Gasteiger partial charge in [-0.15, -0.1) is 0 Å². The molecule has 0 amide bonds. The van der Waals surface area contributed by atoms with Crippen LogP contribution in [0.2, 0.25) is 0 Å². The van der Waals surface area contributed by atoms with Gasteiger partial charge in [0.15, 0.2) is 9.84 Å². The number of sulfone groups is 1. The quantitative estimate of drug-likeness (QED) is 0.293. The molecule has 0 unspecified atom stereocenters. The molecule has 2 aromatic heterocycles. The van der Waals surface area contributed by atoms with Crippen molar-refractivity contribution < 1.29 is 8.42 Å². The number of anilines is 6. The molecule has 0 aliphatic carbocycles. The molecule has 188 valence electrons. The molecule has 0 aliphatic heterocycles. The molecular weight excluding hydrogens is 486 g/mol. The minimum Gasteiger partial charge on any atom is -0.340 e. The monoisotopic (exact) mass is 513 g/mol. The maximum atomic E-state index is 11.5. The molecule has 37 heavy (non-hydrogen) atoms. The third kappa shape index (κ3) is 5.70. The van der Waals surface area contributed by atoms with E-state index in [1.54, 1.807) is 24.4 Å². The molecule has 0 atom stereocenters. The SMILES string of the molecule is CN(c1ccccc1)c1nc2cc(Nc3ccnc(Nc4ccc(CS(C)(=O)=O)cc4)n3)ccc2n1C. The van der Waals surface area contributed by atoms with Gasteiger partial charge < -0.3 is 20.1 Å². The normalized spacial score (nSPS) is 11.4. The molecule has 2 N–H and O–H groups in total. The Labute approximate surface area is 215 Å². The predicted molar refractivity (Wildman–Crippen MR) is 149 cm³/mol. The van der Waals surface area contributed by atoms with E-state index in [4.69, 9.17) is 4.98 Å². The van der Waals surface area contributed by atoms with E-state index in [2.05, 4.69) is 42.2 Å². The van der Waals surface area contributed by atoms with Crippen molar-refractivity contribution in [2.24, 2.45) is 7.05 Å². The summed E-state index contributed by atoms with van der Waals surface area (Å²) in [5.74, 6) is 1.90. The van der Waals surface area contributed by atoms with Crippen LogP contribution in [0.15, 0.2) is 85.1 Å². The van der Waals surface area contributed by atoms with E-state index >= 15 is 0 Å². The van der Waals surface area contributed by atoms with Crippen molar-refractivity contribution in [2.45, 2.75) is 5.75 Å². The molecule has 0 saturated carbocycles. The lowest BCUT2D eigenvalue weighted by molar-refractivity contribution is 0.601. The number of aromatic nitrogens is 4. The van der Waals surface area contributed by atoms with Crippen LogP contribution in [0.3, 0.4) is 0 Å². The molecule has 2 heterocycles. The first-order valence-electron chi connectivity index (χ1n) is 11.6. The van der Waals surface area contributed by atoms with Crippen LogP contribution in [-0.4, -0.2) is 41.2 Å². The lowest BCUT2D eigenvalue weighted by Crippen LogP contribution is -2.13. The van der Waals surface area contributed by atoms with Crippen LogP contribution in [0.5, 0.6) is 0 Å². The second-order valence-electron chi connectivity index (χ2n) is 8.85. The summed E-state index contributed by atoms with van der Waals surface area (Å²) < 4.78 is 25.1. The van der Waals surface area contributed by atoms with Gasteiger partial charge >= 0.3 is 0 Å². The number of aryl methyl sites for hydroxylation is 1. The standard InChI is InChI=1S/C27H27N7O2S/c1-33(22-7-5-4-6-8-22)27-31-23-17-21(13-14-24(23)34(27)2)29-25-15-16-28-26(32-25)30-20-11-9-19(10-12-20)18-37(3,35)36/h4-17H,18H2,1-3H3,(H2,28,29,30,32). The molecule has 10 heteroatoms. The molecule has 0 spiro atoms. The van der Waals surface area contributed by atoms with Crippen LogP contribution in [0.4, 0.5) is 34.8 Å². The van der Waals surface area contributed by atoms with E-state index in [1.807, 2.05) is 62.6 Å². The zero-order valence-corrected chi connectivity index (χ0v) is 21.6. The van der Waals surface area contributed by atoms with E-state index in [9.17, 15) is 8.42 Å². The summed E-state index contributed by atoms with van der Waals surface area (Å²) in [5, 5.41) is 6.48. The fourth-order valence-corrected chi connectivity index (χ4v) is 4.88. The Balaban J connectivity index is 1.32. The van der Waals surface area contributed by atoms with Crippen molar-refractivity contribution in [3.63, 3.8) is 0 Å². The molecule has 0 radical (unpaired) electrons. The van der Waals surface area contributed by atoms with Gasteiger partial charge in [0.1, 0.15) is 5.82 Å². The summed E-state index contributed by atoms with van der Waals surface area (Å²) in [6, 6.07) is 25.1. The smallest absolute Gasteiger partial charge is 0.229 e. The highest BCUT2D eigenvalue weighted by Gasteiger charge is 2.14. The predicted octanol–water partition coefficient (Wildman–Crippen LogP) is 5.16. The van der Waals surface area contributed by atoms with Crippen molar-refractivity contribution in [1.29, 1.82) is 0 Å². The van der Waals surface area contributed by atoms with Gasteiger partial charge in [-0.25, -0.2) is 18.4 Å². The lowest BCUT2D eigenvalue weighted by Gasteiger charge is -2.18. The first kappa shape index (κ1) is 24.3. The van der Waals surface area contributed by atoms with E-state index < -0.39 is 9.84 Å². The third-order valence-corrected chi connectivity index (χ3v) is 6.73. The molecular formula is C27H27N7O2S. The number of fused-ring (bicyclic) bond motifs is 1. The average Bonchev–Trinajstić information content (AvgIpc) is 3.20. The maximum absolute atomic E-state index is 11.5. The zero-order valence-electron chi connectivity index (χ0n) is 20.8.